The summed E-state index contributed by atoms with van der Waals surface area (Å²) in [5, 5.41) is 1.74. The molecule has 1 aromatic carbocycles. The Balaban J connectivity index is 1.57. The van der Waals surface area contributed by atoms with Gasteiger partial charge in [-0.05, 0) is 42.0 Å². The van der Waals surface area contributed by atoms with Crippen molar-refractivity contribution in [1.29, 1.82) is 0 Å². The Morgan fingerprint density at radius 3 is 2.56 bits per heavy atom. The molecule has 1 fully saturated rings. The molecule has 0 atom stereocenters. The lowest BCUT2D eigenvalue weighted by atomic mass is 9.79. The number of hydrogen-bond donors (Lipinski definition) is 2. The Kier molecular flexibility index (Phi) is 5.85. The quantitative estimate of drug-likeness (QED) is 0.607. The molecule has 2 N–H and O–H groups in total. The lowest BCUT2D eigenvalue weighted by molar-refractivity contribution is -0.154. The van der Waals surface area contributed by atoms with Crippen molar-refractivity contribution in [3.8, 4) is 0 Å². The molecule has 6 nitrogen and oxygen atoms in total. The first-order valence-corrected chi connectivity index (χ1v) is 9.45. The van der Waals surface area contributed by atoms with Gasteiger partial charge in [-0.25, -0.2) is 4.39 Å². The van der Waals surface area contributed by atoms with Crippen LogP contribution < -0.4 is 10.9 Å². The number of amides is 2. The van der Waals surface area contributed by atoms with Crippen LogP contribution in [0.5, 0.6) is 0 Å². The minimum atomic E-state index is -0.928. The topological polar surface area (TPSA) is 84.5 Å². The zero-order valence-electron chi connectivity index (χ0n) is 14.5. The monoisotopic (exact) mass is 390 g/mol. The highest BCUT2D eigenvalue weighted by atomic mass is 32.1. The molecule has 0 aliphatic heterocycles. The van der Waals surface area contributed by atoms with Gasteiger partial charge in [-0.2, -0.15) is 0 Å². The minimum Gasteiger partial charge on any atom is -0.455 e. The Morgan fingerprint density at radius 2 is 1.89 bits per heavy atom. The van der Waals surface area contributed by atoms with Crippen LogP contribution in [0.1, 0.15) is 40.9 Å². The van der Waals surface area contributed by atoms with Crippen molar-refractivity contribution in [2.75, 3.05) is 6.61 Å². The summed E-state index contributed by atoms with van der Waals surface area (Å²) in [5.74, 6) is -2.07. The van der Waals surface area contributed by atoms with E-state index in [2.05, 4.69) is 10.9 Å². The molecule has 0 bridgehead atoms. The van der Waals surface area contributed by atoms with Crippen LogP contribution in [0.15, 0.2) is 41.8 Å². The van der Waals surface area contributed by atoms with E-state index in [-0.39, 0.29) is 0 Å². The lowest BCUT2D eigenvalue weighted by Gasteiger charge is -2.27. The van der Waals surface area contributed by atoms with Crippen molar-refractivity contribution in [2.45, 2.75) is 31.1 Å². The van der Waals surface area contributed by atoms with Crippen LogP contribution in [0.4, 0.5) is 4.39 Å². The number of hydrogen-bond acceptors (Lipinski definition) is 5. The van der Waals surface area contributed by atoms with E-state index < -0.39 is 35.6 Å². The van der Waals surface area contributed by atoms with Gasteiger partial charge in [-0.15, -0.1) is 11.3 Å². The fraction of sp³-hybridized carbons (Fsp3) is 0.316. The third-order valence-electron chi connectivity index (χ3n) is 4.62. The van der Waals surface area contributed by atoms with Crippen molar-refractivity contribution in [2.24, 2.45) is 0 Å². The highest BCUT2D eigenvalue weighted by Gasteiger charge is 2.44. The highest BCUT2D eigenvalue weighted by molar-refractivity contribution is 7.12. The Morgan fingerprint density at radius 1 is 1.11 bits per heavy atom. The van der Waals surface area contributed by atoms with E-state index in [9.17, 15) is 18.8 Å². The maximum absolute atomic E-state index is 13.6. The van der Waals surface area contributed by atoms with Crippen molar-refractivity contribution >= 4 is 29.1 Å². The van der Waals surface area contributed by atoms with Gasteiger partial charge >= 0.3 is 5.97 Å². The molecule has 1 aliphatic rings. The largest absolute Gasteiger partial charge is 0.455 e. The fourth-order valence-corrected chi connectivity index (χ4v) is 3.90. The molecular weight excluding hydrogens is 371 g/mol. The normalized spacial score (nSPS) is 15.1. The van der Waals surface area contributed by atoms with Gasteiger partial charge in [0.25, 0.3) is 11.8 Å². The summed E-state index contributed by atoms with van der Waals surface area (Å²) in [7, 11) is 0. The summed E-state index contributed by atoms with van der Waals surface area (Å²) < 4.78 is 18.8. The van der Waals surface area contributed by atoms with Gasteiger partial charge in [-0.1, -0.05) is 31.0 Å². The van der Waals surface area contributed by atoms with E-state index in [0.717, 1.165) is 12.8 Å². The van der Waals surface area contributed by atoms with Crippen LogP contribution in [0.3, 0.4) is 0 Å². The number of carbonyl (C=O) groups excluding carboxylic acids is 3. The molecule has 0 spiro atoms. The van der Waals surface area contributed by atoms with Crippen molar-refractivity contribution in [3.63, 3.8) is 0 Å². The van der Waals surface area contributed by atoms with Crippen LogP contribution in [0, 0.1) is 5.82 Å². The molecular formula is C19H19FN2O4S. The summed E-state index contributed by atoms with van der Waals surface area (Å²) in [6.45, 7) is -0.527. The number of rotatable bonds is 5. The molecule has 1 heterocycles. The molecule has 0 radical (unpaired) electrons. The van der Waals surface area contributed by atoms with E-state index in [4.69, 9.17) is 4.74 Å². The summed E-state index contributed by atoms with van der Waals surface area (Å²) in [4.78, 5) is 36.8. The van der Waals surface area contributed by atoms with E-state index in [1.807, 2.05) is 0 Å². The Labute approximate surface area is 159 Å². The second kappa shape index (κ2) is 8.30. The van der Waals surface area contributed by atoms with E-state index >= 15 is 0 Å². The van der Waals surface area contributed by atoms with Crippen molar-refractivity contribution in [3.05, 3.63) is 58.0 Å². The molecule has 142 valence electrons. The number of hydrazine groups is 1. The minimum absolute atomic E-state index is 0.416. The first-order valence-electron chi connectivity index (χ1n) is 8.57. The van der Waals surface area contributed by atoms with Gasteiger partial charge in [-0.3, -0.25) is 25.2 Å². The molecule has 3 rings (SSSR count). The molecule has 27 heavy (non-hydrogen) atoms. The number of carbonyl (C=O) groups is 3. The summed E-state index contributed by atoms with van der Waals surface area (Å²) in [6, 6.07) is 9.27. The predicted octanol–water partition coefficient (Wildman–Crippen LogP) is 2.70. The van der Waals surface area contributed by atoms with Crippen molar-refractivity contribution in [1.82, 2.24) is 10.9 Å². The first-order chi connectivity index (χ1) is 13.0. The van der Waals surface area contributed by atoms with Crippen LogP contribution in [-0.4, -0.2) is 24.4 Å². The predicted molar refractivity (Wildman–Crippen MR) is 97.4 cm³/mol. The van der Waals surface area contributed by atoms with Gasteiger partial charge in [0.2, 0.25) is 0 Å². The third kappa shape index (κ3) is 4.33. The number of esters is 1. The molecule has 1 aromatic heterocycles. The molecule has 2 aromatic rings. The summed E-state index contributed by atoms with van der Waals surface area (Å²) in [5.41, 5.74) is 4.10. The van der Waals surface area contributed by atoms with Crippen LogP contribution in [-0.2, 0) is 19.7 Å². The smallest absolute Gasteiger partial charge is 0.317 e. The second-order valence-corrected chi connectivity index (χ2v) is 7.30. The number of halogens is 1. The number of ether oxygens (including phenoxy) is 1. The lowest BCUT2D eigenvalue weighted by Crippen LogP contribution is -2.44. The number of thiophene rings is 1. The van der Waals surface area contributed by atoms with E-state index in [1.54, 1.807) is 29.6 Å². The first kappa shape index (κ1) is 19.0. The van der Waals surface area contributed by atoms with Crippen LogP contribution in [0.2, 0.25) is 0 Å². The van der Waals surface area contributed by atoms with Gasteiger partial charge in [0.05, 0.1) is 10.3 Å². The number of nitrogens with one attached hydrogen (secondary N) is 2. The van der Waals surface area contributed by atoms with E-state index in [1.165, 1.54) is 23.5 Å². The zero-order chi connectivity index (χ0) is 19.3. The molecule has 8 heteroatoms. The molecule has 2 amide bonds. The van der Waals surface area contributed by atoms with Crippen LogP contribution >= 0.6 is 11.3 Å². The number of benzene rings is 1. The Hall–Kier alpha value is -2.74. The molecule has 0 unspecified atom stereocenters. The highest BCUT2D eigenvalue weighted by Crippen LogP contribution is 2.42. The van der Waals surface area contributed by atoms with Crippen molar-refractivity contribution < 1.29 is 23.5 Å². The maximum atomic E-state index is 13.6. The van der Waals surface area contributed by atoms with Gasteiger partial charge in [0.15, 0.2) is 6.61 Å². The van der Waals surface area contributed by atoms with Gasteiger partial charge in [0.1, 0.15) is 5.82 Å². The fourth-order valence-electron chi connectivity index (χ4n) is 3.28. The average molecular weight is 390 g/mol. The zero-order valence-corrected chi connectivity index (χ0v) is 15.3. The standard InChI is InChI=1S/C19H19FN2O4S/c20-14-6-3-5-13(11-14)19(8-1-2-9-19)18(25)26-12-16(23)21-22-17(24)15-7-4-10-27-15/h3-7,10-11H,1-2,8-9,12H2,(H,21,23)(H,22,24). The summed E-state index contributed by atoms with van der Waals surface area (Å²) >= 11 is 1.24. The average Bonchev–Trinajstić information content (AvgIpc) is 3.36. The third-order valence-corrected chi connectivity index (χ3v) is 5.49. The maximum Gasteiger partial charge on any atom is 0.317 e. The van der Waals surface area contributed by atoms with Gasteiger partial charge in [0, 0.05) is 0 Å². The molecule has 1 saturated carbocycles. The van der Waals surface area contributed by atoms with Gasteiger partial charge < -0.3 is 4.74 Å². The molecule has 1 aliphatic carbocycles. The Bertz CT molecular complexity index is 832. The molecule has 0 saturated heterocycles. The van der Waals surface area contributed by atoms with Crippen LogP contribution in [0.25, 0.3) is 0 Å². The summed E-state index contributed by atoms with van der Waals surface area (Å²) in [6.07, 6.45) is 2.75. The van der Waals surface area contributed by atoms with E-state index in [0.29, 0.717) is 23.3 Å². The second-order valence-electron chi connectivity index (χ2n) is 6.36. The SMILES string of the molecule is O=C(COC(=O)C1(c2cccc(F)c2)CCCC1)NNC(=O)c1cccs1.